The summed E-state index contributed by atoms with van der Waals surface area (Å²) in [6.45, 7) is 1.52. The molecule has 3 N–H and O–H groups in total. The zero-order valence-electron chi connectivity index (χ0n) is 10.5. The minimum absolute atomic E-state index is 0.213. The molecule has 2 aromatic rings. The first-order chi connectivity index (χ1) is 9.15. The molecule has 0 aliphatic heterocycles. The number of thiophene rings is 1. The number of anilines is 1. The molecule has 0 saturated carbocycles. The van der Waals surface area contributed by atoms with Crippen molar-refractivity contribution in [1.29, 1.82) is 5.41 Å². The molecule has 0 fully saturated rings. The van der Waals surface area contributed by atoms with Gasteiger partial charge in [0.2, 0.25) is 0 Å². The van der Waals surface area contributed by atoms with Crippen molar-refractivity contribution < 1.29 is 0 Å². The Labute approximate surface area is 122 Å². The van der Waals surface area contributed by atoms with Gasteiger partial charge < -0.3 is 10.6 Å². The fourth-order valence-electron chi connectivity index (χ4n) is 1.82. The van der Waals surface area contributed by atoms with Crippen LogP contribution in [0.4, 0.5) is 5.69 Å². The van der Waals surface area contributed by atoms with Crippen LogP contribution in [0.2, 0.25) is 4.34 Å². The van der Waals surface area contributed by atoms with Crippen molar-refractivity contribution in [3.05, 3.63) is 51.7 Å². The summed E-state index contributed by atoms with van der Waals surface area (Å²) in [6, 6.07) is 14.1. The summed E-state index contributed by atoms with van der Waals surface area (Å²) < 4.78 is 0.801. The Morgan fingerprint density at radius 3 is 2.53 bits per heavy atom. The number of para-hydroxylation sites is 1. The summed E-state index contributed by atoms with van der Waals surface area (Å²) in [5, 5.41) is 7.37. The molecule has 1 heterocycles. The van der Waals surface area contributed by atoms with Gasteiger partial charge >= 0.3 is 0 Å². The Morgan fingerprint density at radius 2 is 1.95 bits per heavy atom. The number of nitrogens with one attached hydrogen (secondary N) is 1. The summed E-state index contributed by atoms with van der Waals surface area (Å²) in [5.41, 5.74) is 6.59. The first-order valence-electron chi connectivity index (χ1n) is 6.02. The van der Waals surface area contributed by atoms with Gasteiger partial charge in [-0.15, -0.1) is 11.3 Å². The van der Waals surface area contributed by atoms with E-state index in [1.807, 2.05) is 30.3 Å². The van der Waals surface area contributed by atoms with Crippen LogP contribution in [-0.2, 0) is 6.54 Å². The van der Waals surface area contributed by atoms with Crippen molar-refractivity contribution in [2.45, 2.75) is 13.0 Å². The summed E-state index contributed by atoms with van der Waals surface area (Å²) in [4.78, 5) is 3.42. The van der Waals surface area contributed by atoms with E-state index in [9.17, 15) is 0 Å². The fourth-order valence-corrected chi connectivity index (χ4v) is 2.92. The van der Waals surface area contributed by atoms with Crippen LogP contribution in [-0.4, -0.2) is 12.4 Å². The molecule has 0 aliphatic rings. The number of rotatable bonds is 6. The monoisotopic (exact) mass is 293 g/mol. The van der Waals surface area contributed by atoms with E-state index in [0.29, 0.717) is 6.42 Å². The highest BCUT2D eigenvalue weighted by Gasteiger charge is 2.09. The number of nitrogens with two attached hydrogens (primary N) is 1. The van der Waals surface area contributed by atoms with Gasteiger partial charge in [-0.05, 0) is 24.3 Å². The van der Waals surface area contributed by atoms with E-state index in [-0.39, 0.29) is 5.84 Å². The van der Waals surface area contributed by atoms with Gasteiger partial charge in [-0.3, -0.25) is 5.41 Å². The van der Waals surface area contributed by atoms with Gasteiger partial charge in [0.15, 0.2) is 0 Å². The van der Waals surface area contributed by atoms with Gasteiger partial charge in [0, 0.05) is 23.5 Å². The lowest BCUT2D eigenvalue weighted by molar-refractivity contribution is 0.810. The summed E-state index contributed by atoms with van der Waals surface area (Å²) in [6.07, 6.45) is 0.563. The van der Waals surface area contributed by atoms with E-state index < -0.39 is 0 Å². The van der Waals surface area contributed by atoms with Crippen LogP contribution in [0.1, 0.15) is 11.3 Å². The number of nitrogens with zero attached hydrogens (tertiary/aromatic N) is 1. The maximum atomic E-state index is 7.37. The van der Waals surface area contributed by atoms with Gasteiger partial charge in [0.05, 0.1) is 16.7 Å². The molecule has 0 aliphatic carbocycles. The van der Waals surface area contributed by atoms with Crippen LogP contribution in [0.15, 0.2) is 42.5 Å². The molecular weight excluding hydrogens is 278 g/mol. The lowest BCUT2D eigenvalue weighted by Crippen LogP contribution is -2.27. The molecule has 0 unspecified atom stereocenters. The summed E-state index contributed by atoms with van der Waals surface area (Å²) in [7, 11) is 0. The molecular formula is C14H16ClN3S. The van der Waals surface area contributed by atoms with Crippen molar-refractivity contribution >= 4 is 34.5 Å². The minimum atomic E-state index is 0.213. The van der Waals surface area contributed by atoms with Crippen LogP contribution in [0.25, 0.3) is 0 Å². The summed E-state index contributed by atoms with van der Waals surface area (Å²) >= 11 is 7.55. The third kappa shape index (κ3) is 4.26. The van der Waals surface area contributed by atoms with E-state index in [1.165, 1.54) is 4.88 Å². The average Bonchev–Trinajstić information content (AvgIpc) is 2.81. The molecule has 0 bridgehead atoms. The third-order valence-corrected chi connectivity index (χ3v) is 3.96. The zero-order chi connectivity index (χ0) is 13.7. The van der Waals surface area contributed by atoms with Gasteiger partial charge in [0.25, 0.3) is 0 Å². The highest BCUT2D eigenvalue weighted by Crippen LogP contribution is 2.25. The first-order valence-corrected chi connectivity index (χ1v) is 7.21. The maximum Gasteiger partial charge on any atom is 0.0931 e. The highest BCUT2D eigenvalue weighted by atomic mass is 35.5. The Morgan fingerprint density at radius 1 is 1.21 bits per heavy atom. The molecule has 100 valence electrons. The average molecular weight is 294 g/mol. The molecule has 2 rings (SSSR count). The number of amidine groups is 1. The van der Waals surface area contributed by atoms with Crippen LogP contribution >= 0.6 is 22.9 Å². The molecule has 1 aromatic carbocycles. The highest BCUT2D eigenvalue weighted by molar-refractivity contribution is 7.16. The SMILES string of the molecule is N=C(N)CCN(Cc1ccc(Cl)s1)c1ccccc1. The van der Waals surface area contributed by atoms with Crippen molar-refractivity contribution in [3.8, 4) is 0 Å². The molecule has 1 aromatic heterocycles. The lowest BCUT2D eigenvalue weighted by atomic mass is 10.2. The van der Waals surface area contributed by atoms with Crippen LogP contribution in [0.5, 0.6) is 0 Å². The van der Waals surface area contributed by atoms with Gasteiger partial charge in [0.1, 0.15) is 0 Å². The second-order valence-corrected chi connectivity index (χ2v) is 6.04. The Bertz CT molecular complexity index is 539. The normalized spacial score (nSPS) is 10.4. The van der Waals surface area contributed by atoms with Crippen molar-refractivity contribution in [2.24, 2.45) is 5.73 Å². The second-order valence-electron chi connectivity index (χ2n) is 4.24. The number of halogens is 1. The minimum Gasteiger partial charge on any atom is -0.388 e. The van der Waals surface area contributed by atoms with Crippen molar-refractivity contribution in [1.82, 2.24) is 0 Å². The van der Waals surface area contributed by atoms with E-state index in [4.69, 9.17) is 22.7 Å². The smallest absolute Gasteiger partial charge is 0.0931 e. The molecule has 0 amide bonds. The van der Waals surface area contributed by atoms with Crippen LogP contribution in [0, 0.1) is 5.41 Å². The van der Waals surface area contributed by atoms with Gasteiger partial charge in [-0.2, -0.15) is 0 Å². The number of benzene rings is 1. The van der Waals surface area contributed by atoms with Gasteiger partial charge in [-0.25, -0.2) is 0 Å². The van der Waals surface area contributed by atoms with E-state index in [0.717, 1.165) is 23.1 Å². The van der Waals surface area contributed by atoms with Gasteiger partial charge in [-0.1, -0.05) is 29.8 Å². The van der Waals surface area contributed by atoms with E-state index in [1.54, 1.807) is 11.3 Å². The lowest BCUT2D eigenvalue weighted by Gasteiger charge is -2.24. The second kappa shape index (κ2) is 6.59. The third-order valence-electron chi connectivity index (χ3n) is 2.75. The Kier molecular flexibility index (Phi) is 4.82. The quantitative estimate of drug-likeness (QED) is 0.630. The molecule has 0 saturated heterocycles. The molecule has 5 heteroatoms. The molecule has 0 spiro atoms. The summed E-state index contributed by atoms with van der Waals surface area (Å²) in [5.74, 6) is 0.213. The predicted molar refractivity (Wildman–Crippen MR) is 83.4 cm³/mol. The van der Waals surface area contributed by atoms with Crippen LogP contribution < -0.4 is 10.6 Å². The topological polar surface area (TPSA) is 53.1 Å². The van der Waals surface area contributed by atoms with E-state index >= 15 is 0 Å². The zero-order valence-corrected chi connectivity index (χ0v) is 12.0. The standard InChI is InChI=1S/C14H16ClN3S/c15-13-7-6-12(19-13)10-18(9-8-14(16)17)11-4-2-1-3-5-11/h1-7H,8-10H2,(H3,16,17). The number of hydrogen-bond acceptors (Lipinski definition) is 3. The van der Waals surface area contributed by atoms with E-state index in [2.05, 4.69) is 17.0 Å². The molecule has 3 nitrogen and oxygen atoms in total. The Hall–Kier alpha value is -1.52. The Balaban J connectivity index is 2.12. The maximum absolute atomic E-state index is 7.37. The molecule has 19 heavy (non-hydrogen) atoms. The van der Waals surface area contributed by atoms with Crippen LogP contribution in [0.3, 0.4) is 0 Å². The van der Waals surface area contributed by atoms with Crippen molar-refractivity contribution in [2.75, 3.05) is 11.4 Å². The molecule has 0 radical (unpaired) electrons. The number of hydrogen-bond donors (Lipinski definition) is 2. The molecule has 0 atom stereocenters. The van der Waals surface area contributed by atoms with Crippen molar-refractivity contribution in [3.63, 3.8) is 0 Å². The first kappa shape index (κ1) is 13.9. The predicted octanol–water partition coefficient (Wildman–Crippen LogP) is 3.73. The fraction of sp³-hybridized carbons (Fsp3) is 0.214. The largest absolute Gasteiger partial charge is 0.388 e.